The van der Waals surface area contributed by atoms with Gasteiger partial charge in [0.15, 0.2) is 0 Å². The summed E-state index contributed by atoms with van der Waals surface area (Å²) >= 11 is 4.98. The lowest BCUT2D eigenvalue weighted by molar-refractivity contribution is 0.145. The van der Waals surface area contributed by atoms with E-state index in [0.29, 0.717) is 4.99 Å². The third kappa shape index (κ3) is 4.46. The summed E-state index contributed by atoms with van der Waals surface area (Å²) < 4.78 is 5.81. The highest BCUT2D eigenvalue weighted by molar-refractivity contribution is 7.80. The van der Waals surface area contributed by atoms with Crippen LogP contribution in [-0.2, 0) is 0 Å². The zero-order valence-corrected chi connectivity index (χ0v) is 13.0. The summed E-state index contributed by atoms with van der Waals surface area (Å²) in [5, 5.41) is 0. The highest BCUT2D eigenvalue weighted by atomic mass is 32.1. The molecular weight excluding hydrogens is 268 g/mol. The Bertz CT molecular complexity index is 450. The van der Waals surface area contributed by atoms with E-state index in [1.54, 1.807) is 0 Å². The van der Waals surface area contributed by atoms with Gasteiger partial charge in [-0.05, 0) is 37.4 Å². The van der Waals surface area contributed by atoms with Crippen molar-refractivity contribution in [3.8, 4) is 5.75 Å². The van der Waals surface area contributed by atoms with Gasteiger partial charge in [0.05, 0.1) is 0 Å². The predicted molar refractivity (Wildman–Crippen MR) is 87.3 cm³/mol. The Morgan fingerprint density at radius 1 is 1.50 bits per heavy atom. The first-order valence-electron chi connectivity index (χ1n) is 7.44. The Morgan fingerprint density at radius 2 is 2.35 bits per heavy atom. The molecule has 0 aliphatic carbocycles. The second-order valence-electron chi connectivity index (χ2n) is 5.46. The number of benzene rings is 1. The van der Waals surface area contributed by atoms with Crippen LogP contribution in [0.3, 0.4) is 0 Å². The number of ether oxygens (including phenoxy) is 1. The van der Waals surface area contributed by atoms with Gasteiger partial charge in [0.25, 0.3) is 0 Å². The van der Waals surface area contributed by atoms with Crippen LogP contribution in [0, 0.1) is 5.92 Å². The smallest absolute Gasteiger partial charge is 0.120 e. The molecule has 1 atom stereocenters. The molecule has 1 heterocycles. The van der Waals surface area contributed by atoms with E-state index >= 15 is 0 Å². The maximum Gasteiger partial charge on any atom is 0.120 e. The molecule has 1 aromatic rings. The van der Waals surface area contributed by atoms with Gasteiger partial charge in [0.1, 0.15) is 17.3 Å². The first kappa shape index (κ1) is 15.3. The molecule has 0 amide bonds. The van der Waals surface area contributed by atoms with Crippen LogP contribution in [0.1, 0.15) is 31.7 Å². The molecule has 1 aliphatic heterocycles. The molecule has 2 rings (SSSR count). The summed E-state index contributed by atoms with van der Waals surface area (Å²) in [5.74, 6) is 1.71. The first-order chi connectivity index (χ1) is 9.69. The summed E-state index contributed by atoms with van der Waals surface area (Å²) in [4.78, 5) is 2.92. The monoisotopic (exact) mass is 292 g/mol. The Hall–Kier alpha value is -1.13. The maximum absolute atomic E-state index is 5.81. The van der Waals surface area contributed by atoms with Gasteiger partial charge in [-0.2, -0.15) is 0 Å². The minimum atomic E-state index is 0.414. The van der Waals surface area contributed by atoms with Crippen LogP contribution >= 0.6 is 12.2 Å². The maximum atomic E-state index is 5.81. The summed E-state index contributed by atoms with van der Waals surface area (Å²) in [7, 11) is 0. The van der Waals surface area contributed by atoms with Gasteiger partial charge in [-0.25, -0.2) is 0 Å². The predicted octanol–water partition coefficient (Wildman–Crippen LogP) is 2.82. The van der Waals surface area contributed by atoms with E-state index in [4.69, 9.17) is 22.7 Å². The summed E-state index contributed by atoms with van der Waals surface area (Å²) in [6.45, 7) is 6.41. The molecule has 0 saturated carbocycles. The molecule has 2 N–H and O–H groups in total. The third-order valence-corrected chi connectivity index (χ3v) is 4.21. The molecule has 4 heteroatoms. The van der Waals surface area contributed by atoms with Gasteiger partial charge in [-0.15, -0.1) is 0 Å². The molecule has 1 aromatic carbocycles. The lowest BCUT2D eigenvalue weighted by Crippen LogP contribution is -2.37. The number of thiocarbonyl (C=S) groups is 1. The molecule has 0 aromatic heterocycles. The van der Waals surface area contributed by atoms with Crippen LogP contribution in [0.5, 0.6) is 5.75 Å². The van der Waals surface area contributed by atoms with E-state index in [1.165, 1.54) is 32.4 Å². The largest absolute Gasteiger partial charge is 0.492 e. The summed E-state index contributed by atoms with van der Waals surface area (Å²) in [5.41, 5.74) is 6.49. The van der Waals surface area contributed by atoms with Crippen LogP contribution < -0.4 is 10.5 Å². The van der Waals surface area contributed by atoms with Gasteiger partial charge in [0, 0.05) is 18.7 Å². The average Bonchev–Trinajstić information content (AvgIpc) is 2.48. The van der Waals surface area contributed by atoms with Gasteiger partial charge < -0.3 is 10.5 Å². The quantitative estimate of drug-likeness (QED) is 0.818. The standard InChI is InChI=1S/C16H24N2OS/c1-2-13-5-4-8-18(12-13)9-10-19-15-7-3-6-14(11-15)16(17)20/h3,6-7,11,13H,2,4-5,8-10,12H2,1H3,(H2,17,20). The van der Waals surface area contributed by atoms with Crippen molar-refractivity contribution >= 4 is 17.2 Å². The van der Waals surface area contributed by atoms with Crippen LogP contribution in [0.2, 0.25) is 0 Å². The fourth-order valence-electron chi connectivity index (χ4n) is 2.72. The second-order valence-corrected chi connectivity index (χ2v) is 5.90. The van der Waals surface area contributed by atoms with Gasteiger partial charge in [-0.1, -0.05) is 37.7 Å². The highest BCUT2D eigenvalue weighted by Gasteiger charge is 2.17. The van der Waals surface area contributed by atoms with Gasteiger partial charge >= 0.3 is 0 Å². The number of piperidine rings is 1. The zero-order chi connectivity index (χ0) is 14.4. The molecule has 0 bridgehead atoms. The van der Waals surface area contributed by atoms with Crippen molar-refractivity contribution < 1.29 is 4.74 Å². The van der Waals surface area contributed by atoms with E-state index in [1.807, 2.05) is 24.3 Å². The lowest BCUT2D eigenvalue weighted by Gasteiger charge is -2.32. The molecule has 110 valence electrons. The topological polar surface area (TPSA) is 38.5 Å². The summed E-state index contributed by atoms with van der Waals surface area (Å²) in [6.07, 6.45) is 3.98. The molecular formula is C16H24N2OS. The Labute approximate surface area is 127 Å². The lowest BCUT2D eigenvalue weighted by atomic mass is 9.96. The van der Waals surface area contributed by atoms with Crippen molar-refractivity contribution in [3.63, 3.8) is 0 Å². The number of likely N-dealkylation sites (tertiary alicyclic amines) is 1. The van der Waals surface area contributed by atoms with E-state index in [9.17, 15) is 0 Å². The van der Waals surface area contributed by atoms with Crippen molar-refractivity contribution in [1.82, 2.24) is 4.90 Å². The fraction of sp³-hybridized carbons (Fsp3) is 0.562. The van der Waals surface area contributed by atoms with Crippen molar-refractivity contribution in [1.29, 1.82) is 0 Å². The summed E-state index contributed by atoms with van der Waals surface area (Å²) in [6, 6.07) is 7.70. The van der Waals surface area contributed by atoms with Crippen molar-refractivity contribution in [2.45, 2.75) is 26.2 Å². The zero-order valence-electron chi connectivity index (χ0n) is 12.2. The van der Waals surface area contributed by atoms with Gasteiger partial charge in [0.2, 0.25) is 0 Å². The molecule has 1 unspecified atom stereocenters. The van der Waals surface area contributed by atoms with Crippen LogP contribution in [0.25, 0.3) is 0 Å². The second kappa shape index (κ2) is 7.60. The molecule has 20 heavy (non-hydrogen) atoms. The Kier molecular flexibility index (Phi) is 5.80. The first-order valence-corrected chi connectivity index (χ1v) is 7.85. The molecule has 1 aliphatic rings. The SMILES string of the molecule is CCC1CCCN(CCOc2cccc(C(N)=S)c2)C1. The van der Waals surface area contributed by atoms with Crippen molar-refractivity contribution in [2.24, 2.45) is 11.7 Å². The van der Waals surface area contributed by atoms with E-state index in [-0.39, 0.29) is 0 Å². The minimum absolute atomic E-state index is 0.414. The van der Waals surface area contributed by atoms with Crippen LogP contribution in [-0.4, -0.2) is 36.1 Å². The van der Waals surface area contributed by atoms with Gasteiger partial charge in [-0.3, -0.25) is 4.90 Å². The minimum Gasteiger partial charge on any atom is -0.492 e. The molecule has 1 saturated heterocycles. The Morgan fingerprint density at radius 3 is 3.10 bits per heavy atom. The Balaban J connectivity index is 1.78. The molecule has 0 radical (unpaired) electrons. The van der Waals surface area contributed by atoms with E-state index in [2.05, 4.69) is 11.8 Å². The third-order valence-electron chi connectivity index (χ3n) is 3.98. The number of hydrogen-bond donors (Lipinski definition) is 1. The normalized spacial score (nSPS) is 19.8. The van der Waals surface area contributed by atoms with Crippen molar-refractivity contribution in [2.75, 3.05) is 26.2 Å². The van der Waals surface area contributed by atoms with Crippen molar-refractivity contribution in [3.05, 3.63) is 29.8 Å². The van der Waals surface area contributed by atoms with Crippen LogP contribution in [0.4, 0.5) is 0 Å². The van der Waals surface area contributed by atoms with E-state index in [0.717, 1.165) is 30.4 Å². The molecule has 0 spiro atoms. The average molecular weight is 292 g/mol. The van der Waals surface area contributed by atoms with E-state index < -0.39 is 0 Å². The number of hydrogen-bond acceptors (Lipinski definition) is 3. The number of nitrogens with two attached hydrogens (primary N) is 1. The fourth-order valence-corrected chi connectivity index (χ4v) is 2.85. The molecule has 3 nitrogen and oxygen atoms in total. The highest BCUT2D eigenvalue weighted by Crippen LogP contribution is 2.19. The van der Waals surface area contributed by atoms with Crippen LogP contribution in [0.15, 0.2) is 24.3 Å². The number of nitrogens with zero attached hydrogens (tertiary/aromatic N) is 1. The number of rotatable bonds is 6. The molecule has 1 fully saturated rings.